The van der Waals surface area contributed by atoms with E-state index in [4.69, 9.17) is 5.53 Å². The Morgan fingerprint density at radius 3 is 2.69 bits per heavy atom. The van der Waals surface area contributed by atoms with Crippen molar-refractivity contribution in [3.63, 3.8) is 0 Å². The lowest BCUT2D eigenvalue weighted by molar-refractivity contribution is -0.00794. The van der Waals surface area contributed by atoms with Gasteiger partial charge in [0.15, 0.2) is 5.78 Å². The van der Waals surface area contributed by atoms with E-state index in [1.807, 2.05) is 30.3 Å². The first-order valence-corrected chi connectivity index (χ1v) is 5.07. The maximum Gasteiger partial charge on any atom is 0.307 e. The molecule has 0 radical (unpaired) electrons. The van der Waals surface area contributed by atoms with E-state index in [0.29, 0.717) is 11.3 Å². The van der Waals surface area contributed by atoms with Crippen LogP contribution in [0.4, 0.5) is 0 Å². The minimum Gasteiger partial charge on any atom is -0.361 e. The number of allylic oxidation sites excluding steroid dienone is 4. The van der Waals surface area contributed by atoms with Crippen molar-refractivity contribution in [3.05, 3.63) is 59.2 Å². The maximum atomic E-state index is 12.1. The molecular weight excluding hydrogens is 200 g/mol. The smallest absolute Gasteiger partial charge is 0.307 e. The number of carbonyl (C=O) groups excluding carboxylic acids is 1. The minimum atomic E-state index is -0.424. The fourth-order valence-corrected chi connectivity index (χ4v) is 2.32. The van der Waals surface area contributed by atoms with Gasteiger partial charge in [-0.15, -0.1) is 0 Å². The highest BCUT2D eigenvalue weighted by molar-refractivity contribution is 6.28. The lowest BCUT2D eigenvalue weighted by Gasteiger charge is -2.07. The first-order chi connectivity index (χ1) is 7.83. The number of fused-ring (bicyclic) bond motifs is 3. The summed E-state index contributed by atoms with van der Waals surface area (Å²) in [7, 11) is 0. The van der Waals surface area contributed by atoms with Crippen molar-refractivity contribution in [2.45, 2.75) is 0 Å². The molecule has 1 unspecified atom stereocenters. The molecule has 3 heteroatoms. The molecule has 2 aliphatic carbocycles. The van der Waals surface area contributed by atoms with Crippen LogP contribution in [0.3, 0.4) is 0 Å². The molecular formula is C13H8N2O. The minimum absolute atomic E-state index is 0.0130. The van der Waals surface area contributed by atoms with Crippen molar-refractivity contribution < 1.29 is 9.58 Å². The van der Waals surface area contributed by atoms with Gasteiger partial charge in [0.1, 0.15) is 5.92 Å². The Balaban J connectivity index is 2.29. The summed E-state index contributed by atoms with van der Waals surface area (Å²) in [6.45, 7) is 0. The Morgan fingerprint density at radius 1 is 1.19 bits per heavy atom. The van der Waals surface area contributed by atoms with Crippen molar-refractivity contribution in [1.29, 1.82) is 0 Å². The largest absolute Gasteiger partial charge is 0.361 e. The van der Waals surface area contributed by atoms with E-state index in [0.717, 1.165) is 11.1 Å². The fourth-order valence-electron chi connectivity index (χ4n) is 2.32. The highest BCUT2D eigenvalue weighted by Crippen LogP contribution is 2.39. The second-order valence-corrected chi connectivity index (χ2v) is 3.85. The summed E-state index contributed by atoms with van der Waals surface area (Å²) in [4.78, 5) is 15.3. The normalized spacial score (nSPS) is 21.2. The molecule has 0 N–H and O–H groups in total. The van der Waals surface area contributed by atoms with Gasteiger partial charge in [-0.05, 0) is 11.1 Å². The number of carbonyl (C=O) groups is 1. The standard InChI is InChI=1S/C13H8N2O/c14-15-11-7-3-6-9-8-4-1-2-5-10(8)13(16)12(9)11/h1-7,12H. The van der Waals surface area contributed by atoms with Gasteiger partial charge in [0, 0.05) is 11.6 Å². The third kappa shape index (κ3) is 1.01. The SMILES string of the molecule is [N-]=[N+]=C1C=CC=C2c3ccccc3C(=O)C21. The van der Waals surface area contributed by atoms with E-state index < -0.39 is 5.92 Å². The van der Waals surface area contributed by atoms with Gasteiger partial charge in [0.05, 0.1) is 0 Å². The average Bonchev–Trinajstić information content (AvgIpc) is 2.64. The summed E-state index contributed by atoms with van der Waals surface area (Å²) in [5.74, 6) is -0.411. The molecule has 3 rings (SSSR count). The van der Waals surface area contributed by atoms with Crippen LogP contribution in [0.15, 0.2) is 42.5 Å². The molecule has 2 aliphatic rings. The maximum absolute atomic E-state index is 12.1. The number of rotatable bonds is 0. The van der Waals surface area contributed by atoms with Crippen molar-refractivity contribution >= 4 is 17.1 Å². The van der Waals surface area contributed by atoms with Gasteiger partial charge in [-0.3, -0.25) is 4.79 Å². The molecule has 0 heterocycles. The molecule has 16 heavy (non-hydrogen) atoms. The summed E-state index contributed by atoms with van der Waals surface area (Å²) in [5.41, 5.74) is 11.9. The van der Waals surface area contributed by atoms with E-state index >= 15 is 0 Å². The van der Waals surface area contributed by atoms with Crippen LogP contribution in [0.2, 0.25) is 0 Å². The Morgan fingerprint density at radius 2 is 1.94 bits per heavy atom. The van der Waals surface area contributed by atoms with Crippen molar-refractivity contribution in [2.75, 3.05) is 0 Å². The van der Waals surface area contributed by atoms with E-state index in [1.165, 1.54) is 0 Å². The zero-order valence-electron chi connectivity index (χ0n) is 8.42. The zero-order chi connectivity index (χ0) is 11.1. The molecule has 1 aromatic rings. The molecule has 0 spiro atoms. The van der Waals surface area contributed by atoms with Crippen LogP contribution in [0.5, 0.6) is 0 Å². The summed E-state index contributed by atoms with van der Waals surface area (Å²) >= 11 is 0. The van der Waals surface area contributed by atoms with Gasteiger partial charge in [-0.1, -0.05) is 36.4 Å². The number of benzene rings is 1. The molecule has 0 saturated carbocycles. The first-order valence-electron chi connectivity index (χ1n) is 5.07. The summed E-state index contributed by atoms with van der Waals surface area (Å²) < 4.78 is 0. The molecule has 0 amide bonds. The van der Waals surface area contributed by atoms with Crippen molar-refractivity contribution in [1.82, 2.24) is 0 Å². The molecule has 0 aliphatic heterocycles. The Bertz CT molecular complexity index is 604. The fraction of sp³-hybridized carbons (Fsp3) is 0.0769. The van der Waals surface area contributed by atoms with Crippen LogP contribution < -0.4 is 0 Å². The van der Waals surface area contributed by atoms with E-state index in [1.54, 1.807) is 12.2 Å². The van der Waals surface area contributed by atoms with Gasteiger partial charge >= 0.3 is 5.71 Å². The number of Topliss-reactive ketones (excluding diaryl/α,β-unsaturated/α-hetero) is 1. The predicted molar refractivity (Wildman–Crippen MR) is 60.0 cm³/mol. The first kappa shape index (κ1) is 9.01. The van der Waals surface area contributed by atoms with Gasteiger partial charge in [0.25, 0.3) is 0 Å². The third-order valence-electron chi connectivity index (χ3n) is 3.03. The quantitative estimate of drug-likeness (QED) is 0.476. The molecule has 0 bridgehead atoms. The molecule has 3 nitrogen and oxygen atoms in total. The van der Waals surface area contributed by atoms with E-state index in [-0.39, 0.29) is 5.78 Å². The summed E-state index contributed by atoms with van der Waals surface area (Å²) in [6.07, 6.45) is 5.37. The number of ketones is 1. The Kier molecular flexibility index (Phi) is 1.76. The lowest BCUT2D eigenvalue weighted by Crippen LogP contribution is -2.20. The molecule has 76 valence electrons. The van der Waals surface area contributed by atoms with E-state index in [2.05, 4.69) is 4.79 Å². The highest BCUT2D eigenvalue weighted by atomic mass is 16.1. The third-order valence-corrected chi connectivity index (χ3v) is 3.03. The van der Waals surface area contributed by atoms with Crippen LogP contribution in [-0.2, 0) is 0 Å². The van der Waals surface area contributed by atoms with Crippen LogP contribution in [0.25, 0.3) is 11.1 Å². The van der Waals surface area contributed by atoms with Gasteiger partial charge in [0.2, 0.25) is 0 Å². The van der Waals surface area contributed by atoms with Gasteiger partial charge in [-0.2, -0.15) is 4.79 Å². The van der Waals surface area contributed by atoms with E-state index in [9.17, 15) is 4.79 Å². The predicted octanol–water partition coefficient (Wildman–Crippen LogP) is 2.12. The monoisotopic (exact) mass is 208 g/mol. The second-order valence-electron chi connectivity index (χ2n) is 3.85. The molecule has 0 saturated heterocycles. The second kappa shape index (κ2) is 3.12. The topological polar surface area (TPSA) is 53.5 Å². The highest BCUT2D eigenvalue weighted by Gasteiger charge is 2.42. The summed E-state index contributed by atoms with van der Waals surface area (Å²) in [6, 6.07) is 7.49. The average molecular weight is 208 g/mol. The van der Waals surface area contributed by atoms with Crippen LogP contribution in [0.1, 0.15) is 15.9 Å². The van der Waals surface area contributed by atoms with Crippen LogP contribution >= 0.6 is 0 Å². The van der Waals surface area contributed by atoms with Gasteiger partial charge in [-0.25, -0.2) is 0 Å². The number of nitrogens with zero attached hydrogens (tertiary/aromatic N) is 2. The zero-order valence-corrected chi connectivity index (χ0v) is 8.42. The van der Waals surface area contributed by atoms with Crippen LogP contribution in [0, 0.1) is 5.92 Å². The Hall–Kier alpha value is -2.25. The Labute approximate surface area is 92.3 Å². The van der Waals surface area contributed by atoms with Crippen LogP contribution in [-0.4, -0.2) is 16.3 Å². The summed E-state index contributed by atoms with van der Waals surface area (Å²) in [5, 5.41) is 0. The number of hydrogen-bond acceptors (Lipinski definition) is 1. The van der Waals surface area contributed by atoms with Gasteiger partial charge < -0.3 is 5.53 Å². The molecule has 0 aromatic heterocycles. The molecule has 1 aromatic carbocycles. The lowest BCUT2D eigenvalue weighted by atomic mass is 9.90. The van der Waals surface area contributed by atoms with Crippen molar-refractivity contribution in [2.24, 2.45) is 5.92 Å². The van der Waals surface area contributed by atoms with Crippen molar-refractivity contribution in [3.8, 4) is 0 Å². The molecule has 1 atom stereocenters. The molecule has 0 fully saturated rings. The number of hydrogen-bond donors (Lipinski definition) is 0.